The predicted molar refractivity (Wildman–Crippen MR) is 65.1 cm³/mol. The Morgan fingerprint density at radius 3 is 2.15 bits per heavy atom. The van der Waals surface area contributed by atoms with Crippen LogP contribution in [0.5, 0.6) is 0 Å². The van der Waals surface area contributed by atoms with E-state index in [1.54, 1.807) is 27.7 Å². The number of rotatable bonds is 5. The van der Waals surface area contributed by atoms with Crippen molar-refractivity contribution in [2.24, 2.45) is 0 Å². The first-order valence-corrected chi connectivity index (χ1v) is 6.17. The normalized spacial score (nSPS) is 13.6. The lowest BCUT2D eigenvalue weighted by Gasteiger charge is -2.23. The molecule has 1 unspecified atom stereocenters. The number of alkyl carbamates (subject to hydrolysis) is 1. The molecule has 0 aliphatic carbocycles. The third-order valence-corrected chi connectivity index (χ3v) is 1.86. The van der Waals surface area contributed by atoms with Crippen LogP contribution in [0.25, 0.3) is 0 Å². The fourth-order valence-corrected chi connectivity index (χ4v) is 1.18. The molecule has 0 rings (SSSR count). The van der Waals surface area contributed by atoms with Gasteiger partial charge >= 0.3 is 18.2 Å². The van der Waals surface area contributed by atoms with Crippen LogP contribution in [0.1, 0.15) is 40.5 Å². The van der Waals surface area contributed by atoms with Gasteiger partial charge < -0.3 is 14.8 Å². The van der Waals surface area contributed by atoms with E-state index in [1.165, 1.54) is 0 Å². The molecular weight excluding hydrogens is 279 g/mol. The van der Waals surface area contributed by atoms with E-state index < -0.39 is 36.3 Å². The van der Waals surface area contributed by atoms with Crippen molar-refractivity contribution in [3.63, 3.8) is 0 Å². The molecule has 0 bridgehead atoms. The van der Waals surface area contributed by atoms with Gasteiger partial charge in [-0.2, -0.15) is 13.2 Å². The summed E-state index contributed by atoms with van der Waals surface area (Å²) in [6, 6.07) is -1.81. The van der Waals surface area contributed by atoms with Gasteiger partial charge in [-0.25, -0.2) is 9.59 Å². The van der Waals surface area contributed by atoms with Crippen molar-refractivity contribution in [1.82, 2.24) is 5.32 Å². The van der Waals surface area contributed by atoms with Crippen molar-refractivity contribution >= 4 is 12.1 Å². The lowest BCUT2D eigenvalue weighted by Crippen LogP contribution is -2.46. The van der Waals surface area contributed by atoms with Gasteiger partial charge in [0.05, 0.1) is 13.0 Å². The molecule has 5 nitrogen and oxygen atoms in total. The summed E-state index contributed by atoms with van der Waals surface area (Å²) < 4.78 is 46.6. The van der Waals surface area contributed by atoms with Gasteiger partial charge in [0.25, 0.3) is 0 Å². The molecule has 8 heteroatoms. The van der Waals surface area contributed by atoms with Crippen molar-refractivity contribution < 1.29 is 32.2 Å². The number of halogens is 3. The molecule has 0 aromatic rings. The van der Waals surface area contributed by atoms with E-state index in [9.17, 15) is 22.8 Å². The maximum atomic E-state index is 12.4. The highest BCUT2D eigenvalue weighted by Gasteiger charge is 2.37. The Labute approximate surface area is 115 Å². The van der Waals surface area contributed by atoms with Crippen LogP contribution in [0, 0.1) is 0 Å². The van der Waals surface area contributed by atoms with Gasteiger partial charge in [0, 0.05) is 0 Å². The summed E-state index contributed by atoms with van der Waals surface area (Å²) in [5, 5.41) is 1.88. The molecule has 0 aliphatic rings. The first-order chi connectivity index (χ1) is 8.94. The number of hydrogen-bond donors (Lipinski definition) is 1. The number of carbonyl (C=O) groups is 2. The fraction of sp³-hybridized carbons (Fsp3) is 0.833. The maximum Gasteiger partial charge on any atom is 0.408 e. The van der Waals surface area contributed by atoms with Crippen molar-refractivity contribution in [2.45, 2.75) is 58.4 Å². The van der Waals surface area contributed by atoms with Gasteiger partial charge in [0.2, 0.25) is 0 Å². The van der Waals surface area contributed by atoms with E-state index in [2.05, 4.69) is 4.74 Å². The van der Waals surface area contributed by atoms with Gasteiger partial charge in [-0.1, -0.05) is 6.92 Å². The van der Waals surface area contributed by atoms with Crippen LogP contribution < -0.4 is 5.32 Å². The summed E-state index contributed by atoms with van der Waals surface area (Å²) in [4.78, 5) is 22.9. The van der Waals surface area contributed by atoms with Crippen LogP contribution in [-0.4, -0.2) is 36.5 Å². The molecule has 0 aromatic heterocycles. The Morgan fingerprint density at radius 1 is 1.20 bits per heavy atom. The number of nitrogens with one attached hydrogen (secondary N) is 1. The molecule has 0 saturated heterocycles. The van der Waals surface area contributed by atoms with E-state index in [0.29, 0.717) is 6.42 Å². The number of amides is 1. The standard InChI is InChI=1S/C12H20F3NO4/c1-5-6-19-9(17)8(7-12(13,14)15)16-10(18)20-11(2,3)4/h8H,5-7H2,1-4H3,(H,16,18). The van der Waals surface area contributed by atoms with Crippen LogP contribution in [0.3, 0.4) is 0 Å². The van der Waals surface area contributed by atoms with E-state index in [1.807, 2.05) is 5.32 Å². The lowest BCUT2D eigenvalue weighted by atomic mass is 10.2. The van der Waals surface area contributed by atoms with Crippen LogP contribution in [0.15, 0.2) is 0 Å². The Hall–Kier alpha value is -1.47. The van der Waals surface area contributed by atoms with Crippen molar-refractivity contribution in [3.05, 3.63) is 0 Å². The van der Waals surface area contributed by atoms with Gasteiger partial charge in [0.15, 0.2) is 0 Å². The minimum absolute atomic E-state index is 0.0107. The quantitative estimate of drug-likeness (QED) is 0.793. The molecule has 0 saturated carbocycles. The van der Waals surface area contributed by atoms with Gasteiger partial charge in [-0.15, -0.1) is 0 Å². The number of esters is 1. The minimum atomic E-state index is -4.61. The summed E-state index contributed by atoms with van der Waals surface area (Å²) in [7, 11) is 0. The molecule has 1 amide bonds. The van der Waals surface area contributed by atoms with Gasteiger partial charge in [-0.05, 0) is 27.2 Å². The van der Waals surface area contributed by atoms with Crippen LogP contribution in [0.2, 0.25) is 0 Å². The molecule has 20 heavy (non-hydrogen) atoms. The second kappa shape index (κ2) is 7.35. The van der Waals surface area contributed by atoms with Crippen LogP contribution in [-0.2, 0) is 14.3 Å². The third kappa shape index (κ3) is 9.46. The zero-order chi connectivity index (χ0) is 16.0. The Morgan fingerprint density at radius 2 is 1.75 bits per heavy atom. The lowest BCUT2D eigenvalue weighted by molar-refractivity contribution is -0.162. The number of ether oxygens (including phenoxy) is 2. The third-order valence-electron chi connectivity index (χ3n) is 1.86. The Kier molecular flexibility index (Phi) is 6.81. The molecule has 1 N–H and O–H groups in total. The Balaban J connectivity index is 4.68. The number of hydrogen-bond acceptors (Lipinski definition) is 4. The van der Waals surface area contributed by atoms with Crippen molar-refractivity contribution in [3.8, 4) is 0 Å². The van der Waals surface area contributed by atoms with E-state index in [0.717, 1.165) is 0 Å². The highest BCUT2D eigenvalue weighted by molar-refractivity contribution is 5.81. The van der Waals surface area contributed by atoms with Gasteiger partial charge in [0.1, 0.15) is 11.6 Å². The Bertz CT molecular complexity index is 337. The molecule has 0 aliphatic heterocycles. The molecule has 0 radical (unpaired) electrons. The van der Waals surface area contributed by atoms with E-state index >= 15 is 0 Å². The maximum absolute atomic E-state index is 12.4. The van der Waals surface area contributed by atoms with Crippen LogP contribution in [0.4, 0.5) is 18.0 Å². The average molecular weight is 299 g/mol. The number of alkyl halides is 3. The topological polar surface area (TPSA) is 64.6 Å². The molecule has 0 spiro atoms. The largest absolute Gasteiger partial charge is 0.464 e. The zero-order valence-electron chi connectivity index (χ0n) is 12.0. The van der Waals surface area contributed by atoms with E-state index in [4.69, 9.17) is 4.74 Å². The molecule has 118 valence electrons. The highest BCUT2D eigenvalue weighted by atomic mass is 19.4. The first kappa shape index (κ1) is 18.5. The van der Waals surface area contributed by atoms with Crippen molar-refractivity contribution in [2.75, 3.05) is 6.61 Å². The minimum Gasteiger partial charge on any atom is -0.464 e. The summed E-state index contributed by atoms with van der Waals surface area (Å²) in [5.74, 6) is -1.13. The summed E-state index contributed by atoms with van der Waals surface area (Å²) in [5.41, 5.74) is -0.875. The molecular formula is C12H20F3NO4. The molecule has 1 atom stereocenters. The summed E-state index contributed by atoms with van der Waals surface area (Å²) in [6.45, 7) is 6.36. The van der Waals surface area contributed by atoms with Gasteiger partial charge in [-0.3, -0.25) is 0 Å². The highest BCUT2D eigenvalue weighted by Crippen LogP contribution is 2.22. The van der Waals surface area contributed by atoms with E-state index in [-0.39, 0.29) is 6.61 Å². The second-order valence-electron chi connectivity index (χ2n) is 5.19. The number of carbonyl (C=O) groups excluding carboxylic acids is 2. The van der Waals surface area contributed by atoms with Crippen molar-refractivity contribution in [1.29, 1.82) is 0 Å². The predicted octanol–water partition coefficient (Wildman–Crippen LogP) is 2.79. The first-order valence-electron chi connectivity index (χ1n) is 6.17. The average Bonchev–Trinajstić information content (AvgIpc) is 2.20. The second-order valence-corrected chi connectivity index (χ2v) is 5.19. The molecule has 0 fully saturated rings. The monoisotopic (exact) mass is 299 g/mol. The SMILES string of the molecule is CCCOC(=O)C(CC(F)(F)F)NC(=O)OC(C)(C)C. The fourth-order valence-electron chi connectivity index (χ4n) is 1.18. The molecule has 0 heterocycles. The van der Waals surface area contributed by atoms with Crippen LogP contribution >= 0.6 is 0 Å². The molecule has 0 aromatic carbocycles. The summed E-state index contributed by atoms with van der Waals surface area (Å²) >= 11 is 0. The smallest absolute Gasteiger partial charge is 0.408 e. The zero-order valence-corrected chi connectivity index (χ0v) is 12.0. The summed E-state index contributed by atoms with van der Waals surface area (Å²) in [6.07, 6.45) is -6.74.